The van der Waals surface area contributed by atoms with Gasteiger partial charge in [-0.1, -0.05) is 18.2 Å². The Balaban J connectivity index is 2.54. The lowest BCUT2D eigenvalue weighted by Gasteiger charge is -2.05. The Morgan fingerprint density at radius 1 is 1.38 bits per heavy atom. The van der Waals surface area contributed by atoms with Crippen LogP contribution in [-0.2, 0) is 15.8 Å². The Morgan fingerprint density at radius 2 is 2.00 bits per heavy atom. The minimum atomic E-state index is -2.35. The zero-order valence-electron chi connectivity index (χ0n) is 6.64. The van der Waals surface area contributed by atoms with Gasteiger partial charge in [-0.2, -0.15) is 0 Å². The van der Waals surface area contributed by atoms with Crippen molar-refractivity contribution in [1.29, 1.82) is 0 Å². The fourth-order valence-electron chi connectivity index (χ4n) is 0.759. The molecule has 1 atom stereocenters. The van der Waals surface area contributed by atoms with E-state index in [9.17, 15) is 13.6 Å². The van der Waals surface area contributed by atoms with Crippen LogP contribution in [0.1, 0.15) is 10.4 Å². The first-order valence-corrected chi connectivity index (χ1v) is 4.72. The summed E-state index contributed by atoms with van der Waals surface area (Å²) in [7, 11) is 0. The highest BCUT2D eigenvalue weighted by atomic mass is 32.2. The van der Waals surface area contributed by atoms with Gasteiger partial charge in [0.25, 0.3) is 0 Å². The SMILES string of the molecule is O=C(OCS(=O)[O-])c1ccccc1. The molecule has 70 valence electrons. The van der Waals surface area contributed by atoms with E-state index in [-0.39, 0.29) is 0 Å². The molecular weight excluding hydrogens is 192 g/mol. The molecule has 0 heterocycles. The standard InChI is InChI=1S/C8H8O4S/c9-8(12-6-13(10)11)7-4-2-1-3-5-7/h1-5H,6H2,(H,10,11)/p-1. The molecule has 1 unspecified atom stereocenters. The van der Waals surface area contributed by atoms with Crippen LogP contribution in [0.4, 0.5) is 0 Å². The molecule has 0 spiro atoms. The molecule has 0 amide bonds. The number of hydrogen-bond donors (Lipinski definition) is 0. The van der Waals surface area contributed by atoms with Gasteiger partial charge in [0.1, 0.15) is 0 Å². The second-order valence-corrected chi connectivity index (χ2v) is 3.06. The maximum absolute atomic E-state index is 11.1. The maximum Gasteiger partial charge on any atom is 0.339 e. The number of ether oxygens (including phenoxy) is 1. The Labute approximate surface area is 77.8 Å². The van der Waals surface area contributed by atoms with Crippen LogP contribution >= 0.6 is 0 Å². The quantitative estimate of drug-likeness (QED) is 0.530. The highest BCUT2D eigenvalue weighted by Gasteiger charge is 2.04. The molecule has 0 aromatic heterocycles. The van der Waals surface area contributed by atoms with E-state index < -0.39 is 23.0 Å². The van der Waals surface area contributed by atoms with Crippen molar-refractivity contribution in [3.05, 3.63) is 35.9 Å². The molecule has 0 bridgehead atoms. The van der Waals surface area contributed by atoms with Gasteiger partial charge in [0, 0.05) is 0 Å². The van der Waals surface area contributed by atoms with E-state index in [0.29, 0.717) is 5.56 Å². The molecular formula is C8H7O4S-. The van der Waals surface area contributed by atoms with Crippen molar-refractivity contribution in [2.75, 3.05) is 5.94 Å². The predicted molar refractivity (Wildman–Crippen MR) is 45.6 cm³/mol. The minimum absolute atomic E-state index is 0.341. The number of carbonyl (C=O) groups is 1. The Bertz CT molecular complexity index is 309. The third-order valence-electron chi connectivity index (χ3n) is 1.30. The maximum atomic E-state index is 11.1. The second kappa shape index (κ2) is 4.74. The van der Waals surface area contributed by atoms with Gasteiger partial charge in [0.05, 0.1) is 5.56 Å². The van der Waals surface area contributed by atoms with Gasteiger partial charge in [-0.3, -0.25) is 4.21 Å². The molecule has 0 saturated carbocycles. The van der Waals surface area contributed by atoms with Crippen molar-refractivity contribution in [1.82, 2.24) is 0 Å². The van der Waals surface area contributed by atoms with Crippen LogP contribution in [0.3, 0.4) is 0 Å². The van der Waals surface area contributed by atoms with E-state index in [2.05, 4.69) is 4.74 Å². The van der Waals surface area contributed by atoms with Crippen molar-refractivity contribution < 1.29 is 18.3 Å². The zero-order valence-corrected chi connectivity index (χ0v) is 7.45. The third-order valence-corrected chi connectivity index (χ3v) is 1.61. The lowest BCUT2D eigenvalue weighted by Crippen LogP contribution is -2.09. The predicted octanol–water partition coefficient (Wildman–Crippen LogP) is 0.680. The first kappa shape index (κ1) is 9.88. The average molecular weight is 199 g/mol. The van der Waals surface area contributed by atoms with E-state index in [1.165, 1.54) is 0 Å². The smallest absolute Gasteiger partial charge is 0.339 e. The van der Waals surface area contributed by atoms with Crippen LogP contribution in [-0.4, -0.2) is 20.7 Å². The van der Waals surface area contributed by atoms with E-state index in [0.717, 1.165) is 0 Å². The third kappa shape index (κ3) is 3.35. The summed E-state index contributed by atoms with van der Waals surface area (Å²) < 4.78 is 24.6. The first-order chi connectivity index (χ1) is 6.20. The van der Waals surface area contributed by atoms with Crippen molar-refractivity contribution in [2.45, 2.75) is 0 Å². The fourth-order valence-corrected chi connectivity index (χ4v) is 0.962. The number of esters is 1. The summed E-state index contributed by atoms with van der Waals surface area (Å²) in [6.07, 6.45) is 0. The zero-order chi connectivity index (χ0) is 9.68. The van der Waals surface area contributed by atoms with E-state index >= 15 is 0 Å². The van der Waals surface area contributed by atoms with Crippen molar-refractivity contribution >= 4 is 17.0 Å². The van der Waals surface area contributed by atoms with Gasteiger partial charge in [0.15, 0.2) is 5.94 Å². The summed E-state index contributed by atoms with van der Waals surface area (Å²) in [5, 5.41) is 0. The second-order valence-electron chi connectivity index (χ2n) is 2.22. The van der Waals surface area contributed by atoms with Crippen LogP contribution in [0.5, 0.6) is 0 Å². The first-order valence-electron chi connectivity index (χ1n) is 3.48. The lowest BCUT2D eigenvalue weighted by molar-refractivity contribution is 0.0570. The largest absolute Gasteiger partial charge is 0.770 e. The molecule has 0 radical (unpaired) electrons. The van der Waals surface area contributed by atoms with Crippen LogP contribution < -0.4 is 0 Å². The molecule has 5 heteroatoms. The summed E-state index contributed by atoms with van der Waals surface area (Å²) in [5.74, 6) is -1.24. The number of hydrogen-bond acceptors (Lipinski definition) is 4. The van der Waals surface area contributed by atoms with Gasteiger partial charge < -0.3 is 9.29 Å². The minimum Gasteiger partial charge on any atom is -0.770 e. The van der Waals surface area contributed by atoms with Crippen LogP contribution in [0.15, 0.2) is 30.3 Å². The van der Waals surface area contributed by atoms with Crippen LogP contribution in [0, 0.1) is 0 Å². The lowest BCUT2D eigenvalue weighted by atomic mass is 10.2. The van der Waals surface area contributed by atoms with E-state index in [1.807, 2.05) is 0 Å². The highest BCUT2D eigenvalue weighted by molar-refractivity contribution is 7.78. The van der Waals surface area contributed by atoms with Gasteiger partial charge in [-0.15, -0.1) is 0 Å². The molecule has 1 aromatic rings. The van der Waals surface area contributed by atoms with E-state index in [4.69, 9.17) is 0 Å². The molecule has 13 heavy (non-hydrogen) atoms. The molecule has 0 N–H and O–H groups in total. The summed E-state index contributed by atoms with van der Waals surface area (Å²) in [5.41, 5.74) is 0.341. The normalized spacial score (nSPS) is 12.1. The molecule has 0 aliphatic carbocycles. The monoisotopic (exact) mass is 199 g/mol. The van der Waals surface area contributed by atoms with Gasteiger partial charge >= 0.3 is 5.97 Å². The molecule has 0 fully saturated rings. The summed E-state index contributed by atoms with van der Waals surface area (Å²) in [4.78, 5) is 11.1. The summed E-state index contributed by atoms with van der Waals surface area (Å²) in [6, 6.07) is 8.20. The van der Waals surface area contributed by atoms with Crippen LogP contribution in [0.2, 0.25) is 0 Å². The molecule has 1 rings (SSSR count). The molecule has 0 saturated heterocycles. The summed E-state index contributed by atoms with van der Waals surface area (Å²) >= 11 is -2.35. The van der Waals surface area contributed by atoms with Gasteiger partial charge in [-0.25, -0.2) is 4.79 Å². The van der Waals surface area contributed by atoms with Crippen molar-refractivity contribution in [3.63, 3.8) is 0 Å². The fraction of sp³-hybridized carbons (Fsp3) is 0.125. The Kier molecular flexibility index (Phi) is 3.60. The summed E-state index contributed by atoms with van der Waals surface area (Å²) in [6.45, 7) is 0. The van der Waals surface area contributed by atoms with Gasteiger partial charge in [0.2, 0.25) is 0 Å². The topological polar surface area (TPSA) is 66.4 Å². The molecule has 1 aromatic carbocycles. The molecule has 0 aliphatic heterocycles. The number of carbonyl (C=O) groups excluding carboxylic acids is 1. The van der Waals surface area contributed by atoms with Crippen molar-refractivity contribution in [3.8, 4) is 0 Å². The van der Waals surface area contributed by atoms with Gasteiger partial charge in [-0.05, 0) is 23.2 Å². The number of benzene rings is 1. The van der Waals surface area contributed by atoms with Crippen LogP contribution in [0.25, 0.3) is 0 Å². The Morgan fingerprint density at radius 3 is 2.54 bits per heavy atom. The molecule has 4 nitrogen and oxygen atoms in total. The molecule has 0 aliphatic rings. The highest BCUT2D eigenvalue weighted by Crippen LogP contribution is 2.00. The van der Waals surface area contributed by atoms with E-state index in [1.54, 1.807) is 30.3 Å². The Hall–Kier alpha value is -1.20. The number of rotatable bonds is 3. The van der Waals surface area contributed by atoms with Crippen molar-refractivity contribution in [2.24, 2.45) is 0 Å². The average Bonchev–Trinajstić information content (AvgIpc) is 2.15.